The third kappa shape index (κ3) is 3.12. The van der Waals surface area contributed by atoms with E-state index >= 15 is 0 Å². The Bertz CT molecular complexity index is 658. The largest absolute Gasteiger partial charge is 0.381 e. The minimum absolute atomic E-state index is 0.129. The average Bonchev–Trinajstić information content (AvgIpc) is 3.06. The lowest BCUT2D eigenvalue weighted by Crippen LogP contribution is -2.37. The Hall–Kier alpha value is -2.21. The number of aromatic nitrogens is 3. The van der Waals surface area contributed by atoms with Crippen LogP contribution in [0.3, 0.4) is 0 Å². The summed E-state index contributed by atoms with van der Waals surface area (Å²) in [5.41, 5.74) is 1.64. The highest BCUT2D eigenvalue weighted by Crippen LogP contribution is 2.30. The van der Waals surface area contributed by atoms with Gasteiger partial charge in [0.15, 0.2) is 0 Å². The van der Waals surface area contributed by atoms with Crippen LogP contribution in [0.15, 0.2) is 36.9 Å². The summed E-state index contributed by atoms with van der Waals surface area (Å²) in [6.07, 6.45) is 6.44. The highest BCUT2D eigenvalue weighted by molar-refractivity contribution is 5.94. The highest BCUT2D eigenvalue weighted by atomic mass is 16.5. The van der Waals surface area contributed by atoms with E-state index in [0.29, 0.717) is 12.0 Å². The molecule has 0 N–H and O–H groups in total. The number of hydrogen-bond donors (Lipinski definition) is 0. The molecule has 1 aromatic carbocycles. The van der Waals surface area contributed by atoms with E-state index in [-0.39, 0.29) is 5.91 Å². The zero-order valence-corrected chi connectivity index (χ0v) is 13.0. The van der Waals surface area contributed by atoms with Crippen LogP contribution in [0.2, 0.25) is 0 Å². The minimum atomic E-state index is 0.129. The Morgan fingerprint density at radius 2 is 2.09 bits per heavy atom. The maximum Gasteiger partial charge on any atom is 0.254 e. The number of carbonyl (C=O) groups is 1. The first-order chi connectivity index (χ1) is 11.3. The molecule has 0 bridgehead atoms. The number of nitrogens with zero attached hydrogens (tertiary/aromatic N) is 4. The maximum absolute atomic E-state index is 12.9. The SMILES string of the molecule is O=C(c1ccc(-n2cncn2)cc1)N(C[C@H]1CCOC1)C1CC1. The van der Waals surface area contributed by atoms with Gasteiger partial charge in [-0.15, -0.1) is 0 Å². The van der Waals surface area contributed by atoms with Crippen LogP contribution in [0.25, 0.3) is 5.69 Å². The molecular weight excluding hydrogens is 292 g/mol. The first-order valence-corrected chi connectivity index (χ1v) is 8.15. The Morgan fingerprint density at radius 3 is 2.70 bits per heavy atom. The number of benzene rings is 1. The number of carbonyl (C=O) groups excluding carboxylic acids is 1. The molecule has 4 rings (SSSR count). The van der Waals surface area contributed by atoms with Crippen molar-refractivity contribution in [2.45, 2.75) is 25.3 Å². The molecule has 6 nitrogen and oxygen atoms in total. The molecule has 0 radical (unpaired) electrons. The first kappa shape index (κ1) is 14.4. The van der Waals surface area contributed by atoms with E-state index in [1.54, 1.807) is 11.0 Å². The monoisotopic (exact) mass is 312 g/mol. The molecule has 0 spiro atoms. The lowest BCUT2D eigenvalue weighted by atomic mass is 10.1. The third-order valence-corrected chi connectivity index (χ3v) is 4.52. The van der Waals surface area contributed by atoms with Crippen LogP contribution in [-0.2, 0) is 4.74 Å². The molecular formula is C17H20N4O2. The molecule has 2 aromatic rings. The normalized spacial score (nSPS) is 20.6. The van der Waals surface area contributed by atoms with E-state index in [0.717, 1.165) is 50.3 Å². The van der Waals surface area contributed by atoms with Crippen LogP contribution in [0.4, 0.5) is 0 Å². The summed E-state index contributed by atoms with van der Waals surface area (Å²) in [6, 6.07) is 7.98. The second-order valence-corrected chi connectivity index (χ2v) is 6.31. The molecule has 2 fully saturated rings. The second kappa shape index (κ2) is 6.12. The summed E-state index contributed by atoms with van der Waals surface area (Å²) in [5.74, 6) is 0.610. The molecule has 1 aliphatic carbocycles. The third-order valence-electron chi connectivity index (χ3n) is 4.52. The number of rotatable bonds is 5. The van der Waals surface area contributed by atoms with Crippen molar-refractivity contribution in [2.75, 3.05) is 19.8 Å². The van der Waals surface area contributed by atoms with E-state index in [1.807, 2.05) is 29.2 Å². The molecule has 1 aliphatic heterocycles. The van der Waals surface area contributed by atoms with Gasteiger partial charge in [-0.05, 0) is 43.5 Å². The van der Waals surface area contributed by atoms with Crippen LogP contribution in [-0.4, -0.2) is 51.4 Å². The van der Waals surface area contributed by atoms with Crippen molar-refractivity contribution < 1.29 is 9.53 Å². The molecule has 1 amide bonds. The van der Waals surface area contributed by atoms with Crippen LogP contribution < -0.4 is 0 Å². The smallest absolute Gasteiger partial charge is 0.254 e. The predicted molar refractivity (Wildman–Crippen MR) is 84.3 cm³/mol. The van der Waals surface area contributed by atoms with Crippen LogP contribution in [0.1, 0.15) is 29.6 Å². The van der Waals surface area contributed by atoms with E-state index in [4.69, 9.17) is 4.74 Å². The summed E-state index contributed by atoms with van der Waals surface area (Å²) in [7, 11) is 0. The summed E-state index contributed by atoms with van der Waals surface area (Å²) in [5, 5.41) is 4.10. The van der Waals surface area contributed by atoms with Crippen molar-refractivity contribution in [1.82, 2.24) is 19.7 Å². The molecule has 0 unspecified atom stereocenters. The summed E-state index contributed by atoms with van der Waals surface area (Å²) in [4.78, 5) is 18.8. The van der Waals surface area contributed by atoms with Gasteiger partial charge in [0.2, 0.25) is 0 Å². The molecule has 1 aromatic heterocycles. The fraction of sp³-hybridized carbons (Fsp3) is 0.471. The molecule has 6 heteroatoms. The number of ether oxygens (including phenoxy) is 1. The lowest BCUT2D eigenvalue weighted by Gasteiger charge is -2.25. The maximum atomic E-state index is 12.9. The molecule has 1 saturated carbocycles. The van der Waals surface area contributed by atoms with Gasteiger partial charge < -0.3 is 9.64 Å². The van der Waals surface area contributed by atoms with Gasteiger partial charge >= 0.3 is 0 Å². The van der Waals surface area contributed by atoms with Crippen molar-refractivity contribution in [1.29, 1.82) is 0 Å². The molecule has 23 heavy (non-hydrogen) atoms. The molecule has 2 heterocycles. The van der Waals surface area contributed by atoms with Crippen LogP contribution >= 0.6 is 0 Å². The molecule has 1 atom stereocenters. The summed E-state index contributed by atoms with van der Waals surface area (Å²) < 4.78 is 7.13. The van der Waals surface area contributed by atoms with Gasteiger partial charge in [-0.1, -0.05) is 0 Å². The molecule has 2 aliphatic rings. The van der Waals surface area contributed by atoms with Gasteiger partial charge in [-0.3, -0.25) is 4.79 Å². The van der Waals surface area contributed by atoms with Gasteiger partial charge in [0.1, 0.15) is 12.7 Å². The zero-order chi connectivity index (χ0) is 15.6. The average molecular weight is 312 g/mol. The summed E-state index contributed by atoms with van der Waals surface area (Å²) in [6.45, 7) is 2.42. The quantitative estimate of drug-likeness (QED) is 0.846. The van der Waals surface area contributed by atoms with E-state index < -0.39 is 0 Å². The fourth-order valence-electron chi connectivity index (χ4n) is 3.05. The highest BCUT2D eigenvalue weighted by Gasteiger charge is 2.35. The van der Waals surface area contributed by atoms with E-state index in [9.17, 15) is 4.79 Å². The minimum Gasteiger partial charge on any atom is -0.381 e. The number of hydrogen-bond acceptors (Lipinski definition) is 4. The van der Waals surface area contributed by atoms with Gasteiger partial charge in [0, 0.05) is 30.7 Å². The van der Waals surface area contributed by atoms with Crippen molar-refractivity contribution in [3.05, 3.63) is 42.5 Å². The Morgan fingerprint density at radius 1 is 1.26 bits per heavy atom. The van der Waals surface area contributed by atoms with Crippen LogP contribution in [0, 0.1) is 5.92 Å². The topological polar surface area (TPSA) is 60.2 Å². The number of amides is 1. The van der Waals surface area contributed by atoms with Crippen molar-refractivity contribution in [2.24, 2.45) is 5.92 Å². The Balaban J connectivity index is 1.49. The second-order valence-electron chi connectivity index (χ2n) is 6.31. The first-order valence-electron chi connectivity index (χ1n) is 8.15. The van der Waals surface area contributed by atoms with Crippen molar-refractivity contribution >= 4 is 5.91 Å². The molecule has 1 saturated heterocycles. The van der Waals surface area contributed by atoms with E-state index in [2.05, 4.69) is 10.1 Å². The molecule has 120 valence electrons. The lowest BCUT2D eigenvalue weighted by molar-refractivity contribution is 0.0706. The van der Waals surface area contributed by atoms with Gasteiger partial charge in [-0.25, -0.2) is 9.67 Å². The predicted octanol–water partition coefficient (Wildman–Crippen LogP) is 1.91. The summed E-state index contributed by atoms with van der Waals surface area (Å²) >= 11 is 0. The fourth-order valence-corrected chi connectivity index (χ4v) is 3.05. The van der Waals surface area contributed by atoms with Gasteiger partial charge in [-0.2, -0.15) is 5.10 Å². The van der Waals surface area contributed by atoms with E-state index in [1.165, 1.54) is 6.33 Å². The van der Waals surface area contributed by atoms with Gasteiger partial charge in [0.25, 0.3) is 5.91 Å². The van der Waals surface area contributed by atoms with Crippen molar-refractivity contribution in [3.63, 3.8) is 0 Å². The van der Waals surface area contributed by atoms with Crippen molar-refractivity contribution in [3.8, 4) is 5.69 Å². The zero-order valence-electron chi connectivity index (χ0n) is 13.0. The van der Waals surface area contributed by atoms with Gasteiger partial charge in [0.05, 0.1) is 12.3 Å². The standard InChI is InChI=1S/C17H20N4O2/c22-17(20(15-5-6-15)9-13-7-8-23-10-13)14-1-3-16(4-2-14)21-12-18-11-19-21/h1-4,11-13,15H,5-10H2/t13-/m1/s1. The Kier molecular flexibility index (Phi) is 3.83. The Labute approximate surface area is 135 Å². The van der Waals surface area contributed by atoms with Crippen LogP contribution in [0.5, 0.6) is 0 Å².